The minimum atomic E-state index is -0.713. The summed E-state index contributed by atoms with van der Waals surface area (Å²) < 4.78 is 13.2. The standard InChI is InChI=1S/C25H29ClFN3O3/c1-3-29(4-2)25(33)22(28-23(31)18-7-11-21(27)12-8-18)17-13-15-30(16-14-17)24(32)19-5-9-20(26)10-6-19/h5-12,17,22H,3-4,13-16H2,1-2H3,(H,28,31)/t22-/m1/s1. The molecule has 0 radical (unpaired) electrons. The van der Waals surface area contributed by atoms with E-state index >= 15 is 0 Å². The van der Waals surface area contributed by atoms with Crippen molar-refractivity contribution in [3.8, 4) is 0 Å². The third kappa shape index (κ3) is 6.11. The lowest BCUT2D eigenvalue weighted by Gasteiger charge is -2.37. The predicted molar refractivity (Wildman–Crippen MR) is 126 cm³/mol. The van der Waals surface area contributed by atoms with Crippen LogP contribution in [-0.4, -0.2) is 59.7 Å². The molecule has 8 heteroatoms. The van der Waals surface area contributed by atoms with Crippen LogP contribution in [0.4, 0.5) is 4.39 Å². The van der Waals surface area contributed by atoms with Gasteiger partial charge in [-0.2, -0.15) is 0 Å². The molecule has 6 nitrogen and oxygen atoms in total. The van der Waals surface area contributed by atoms with Gasteiger partial charge in [0, 0.05) is 42.3 Å². The predicted octanol–water partition coefficient (Wildman–Crippen LogP) is 4.00. The van der Waals surface area contributed by atoms with Crippen LogP contribution in [0.25, 0.3) is 0 Å². The Hall–Kier alpha value is -2.93. The SMILES string of the molecule is CCN(CC)C(=O)[C@H](NC(=O)c1ccc(F)cc1)C1CCN(C(=O)c2ccc(Cl)cc2)CC1. The Balaban J connectivity index is 1.72. The molecule has 33 heavy (non-hydrogen) atoms. The van der Waals surface area contributed by atoms with Crippen LogP contribution in [-0.2, 0) is 4.79 Å². The van der Waals surface area contributed by atoms with Crippen molar-refractivity contribution in [2.24, 2.45) is 5.92 Å². The van der Waals surface area contributed by atoms with E-state index in [4.69, 9.17) is 11.6 Å². The molecule has 1 saturated heterocycles. The molecule has 2 aromatic carbocycles. The van der Waals surface area contributed by atoms with Crippen molar-refractivity contribution in [3.63, 3.8) is 0 Å². The van der Waals surface area contributed by atoms with Crippen molar-refractivity contribution >= 4 is 29.3 Å². The Bertz CT molecular complexity index is 969. The van der Waals surface area contributed by atoms with Gasteiger partial charge in [-0.05, 0) is 81.1 Å². The van der Waals surface area contributed by atoms with Crippen LogP contribution >= 0.6 is 11.6 Å². The lowest BCUT2D eigenvalue weighted by Crippen LogP contribution is -2.54. The number of nitrogens with one attached hydrogen (secondary N) is 1. The number of amides is 3. The second-order valence-electron chi connectivity index (χ2n) is 8.11. The monoisotopic (exact) mass is 473 g/mol. The maximum atomic E-state index is 13.3. The van der Waals surface area contributed by atoms with E-state index in [0.29, 0.717) is 55.2 Å². The molecule has 1 N–H and O–H groups in total. The Morgan fingerprint density at radius 3 is 2.09 bits per heavy atom. The van der Waals surface area contributed by atoms with E-state index in [-0.39, 0.29) is 17.7 Å². The molecular weight excluding hydrogens is 445 g/mol. The minimum Gasteiger partial charge on any atom is -0.341 e. The molecule has 3 amide bonds. The highest BCUT2D eigenvalue weighted by molar-refractivity contribution is 6.30. The lowest BCUT2D eigenvalue weighted by molar-refractivity contribution is -0.134. The number of piperidine rings is 1. The van der Waals surface area contributed by atoms with Gasteiger partial charge >= 0.3 is 0 Å². The maximum absolute atomic E-state index is 13.3. The molecule has 1 fully saturated rings. The van der Waals surface area contributed by atoms with E-state index in [1.54, 1.807) is 34.1 Å². The molecule has 0 spiro atoms. The van der Waals surface area contributed by atoms with Crippen LogP contribution in [0, 0.1) is 11.7 Å². The van der Waals surface area contributed by atoms with E-state index in [2.05, 4.69) is 5.32 Å². The van der Waals surface area contributed by atoms with Crippen molar-refractivity contribution in [1.29, 1.82) is 0 Å². The summed E-state index contributed by atoms with van der Waals surface area (Å²) in [7, 11) is 0. The number of likely N-dealkylation sites (tertiary alicyclic amines) is 1. The second-order valence-corrected chi connectivity index (χ2v) is 8.54. The largest absolute Gasteiger partial charge is 0.341 e. The summed E-state index contributed by atoms with van der Waals surface area (Å²) in [6.07, 6.45) is 1.17. The first-order valence-electron chi connectivity index (χ1n) is 11.2. The zero-order chi connectivity index (χ0) is 24.0. The molecule has 1 aliphatic rings. The Kier molecular flexibility index (Phi) is 8.44. The average Bonchev–Trinajstić information content (AvgIpc) is 2.83. The first-order valence-corrected chi connectivity index (χ1v) is 11.6. The van der Waals surface area contributed by atoms with E-state index in [0.717, 1.165) is 0 Å². The third-order valence-electron chi connectivity index (χ3n) is 6.12. The van der Waals surface area contributed by atoms with E-state index in [1.807, 2.05) is 13.8 Å². The fourth-order valence-corrected chi connectivity index (χ4v) is 4.28. The molecule has 0 aliphatic carbocycles. The number of carbonyl (C=O) groups is 3. The number of carbonyl (C=O) groups excluding carboxylic acids is 3. The van der Waals surface area contributed by atoms with Crippen molar-refractivity contribution in [2.45, 2.75) is 32.7 Å². The van der Waals surface area contributed by atoms with Crippen LogP contribution in [0.2, 0.25) is 5.02 Å². The van der Waals surface area contributed by atoms with Crippen LogP contribution in [0.1, 0.15) is 47.4 Å². The van der Waals surface area contributed by atoms with Crippen molar-refractivity contribution in [1.82, 2.24) is 15.1 Å². The zero-order valence-electron chi connectivity index (χ0n) is 18.9. The van der Waals surface area contributed by atoms with Crippen LogP contribution in [0.5, 0.6) is 0 Å². The smallest absolute Gasteiger partial charge is 0.253 e. The molecule has 0 aromatic heterocycles. The van der Waals surface area contributed by atoms with E-state index in [9.17, 15) is 18.8 Å². The van der Waals surface area contributed by atoms with Gasteiger partial charge in [0.1, 0.15) is 11.9 Å². The molecule has 0 unspecified atom stereocenters. The van der Waals surface area contributed by atoms with Crippen molar-refractivity contribution in [3.05, 3.63) is 70.5 Å². The van der Waals surface area contributed by atoms with Crippen LogP contribution < -0.4 is 5.32 Å². The number of likely N-dealkylation sites (N-methyl/N-ethyl adjacent to an activating group) is 1. The normalized spacial score (nSPS) is 15.1. The van der Waals surface area contributed by atoms with Gasteiger partial charge in [-0.25, -0.2) is 4.39 Å². The highest BCUT2D eigenvalue weighted by atomic mass is 35.5. The molecule has 176 valence electrons. The summed E-state index contributed by atoms with van der Waals surface area (Å²) in [4.78, 5) is 42.4. The molecule has 1 heterocycles. The molecular formula is C25H29ClFN3O3. The fourth-order valence-electron chi connectivity index (χ4n) is 4.15. The van der Waals surface area contributed by atoms with Crippen molar-refractivity contribution in [2.75, 3.05) is 26.2 Å². The first-order chi connectivity index (χ1) is 15.8. The Morgan fingerprint density at radius 2 is 1.55 bits per heavy atom. The zero-order valence-corrected chi connectivity index (χ0v) is 19.6. The molecule has 0 saturated carbocycles. The summed E-state index contributed by atoms with van der Waals surface area (Å²) in [6, 6.07) is 11.3. The molecule has 0 bridgehead atoms. The van der Waals surface area contributed by atoms with Gasteiger partial charge in [0.15, 0.2) is 0 Å². The van der Waals surface area contributed by atoms with Gasteiger partial charge in [-0.15, -0.1) is 0 Å². The average molecular weight is 474 g/mol. The minimum absolute atomic E-state index is 0.0768. The van der Waals surface area contributed by atoms with Gasteiger partial charge in [-0.3, -0.25) is 14.4 Å². The highest BCUT2D eigenvalue weighted by Gasteiger charge is 2.35. The van der Waals surface area contributed by atoms with E-state index < -0.39 is 17.8 Å². The quantitative estimate of drug-likeness (QED) is 0.660. The first kappa shape index (κ1) is 24.7. The van der Waals surface area contributed by atoms with Gasteiger partial charge in [-0.1, -0.05) is 11.6 Å². The third-order valence-corrected chi connectivity index (χ3v) is 6.38. The van der Waals surface area contributed by atoms with Crippen molar-refractivity contribution < 1.29 is 18.8 Å². The number of hydrogen-bond donors (Lipinski definition) is 1. The number of hydrogen-bond acceptors (Lipinski definition) is 3. The van der Waals surface area contributed by atoms with Gasteiger partial charge in [0.05, 0.1) is 0 Å². The summed E-state index contributed by atoms with van der Waals surface area (Å²) in [5.41, 5.74) is 0.863. The summed E-state index contributed by atoms with van der Waals surface area (Å²) in [5, 5.41) is 3.45. The summed E-state index contributed by atoms with van der Waals surface area (Å²) in [6.45, 7) is 5.83. The Morgan fingerprint density at radius 1 is 1.00 bits per heavy atom. The summed E-state index contributed by atoms with van der Waals surface area (Å²) >= 11 is 5.91. The van der Waals surface area contributed by atoms with Crippen LogP contribution in [0.15, 0.2) is 48.5 Å². The fraction of sp³-hybridized carbons (Fsp3) is 0.400. The number of nitrogens with zero attached hydrogens (tertiary/aromatic N) is 2. The molecule has 3 rings (SSSR count). The summed E-state index contributed by atoms with van der Waals surface area (Å²) in [5.74, 6) is -1.18. The van der Waals surface area contributed by atoms with Gasteiger partial charge < -0.3 is 15.1 Å². The highest BCUT2D eigenvalue weighted by Crippen LogP contribution is 2.24. The Labute approximate surface area is 198 Å². The second kappa shape index (κ2) is 11.3. The van der Waals surface area contributed by atoms with Gasteiger partial charge in [0.2, 0.25) is 5.91 Å². The lowest BCUT2D eigenvalue weighted by atomic mass is 9.87. The number of benzene rings is 2. The van der Waals surface area contributed by atoms with E-state index in [1.165, 1.54) is 24.3 Å². The number of halogens is 2. The van der Waals surface area contributed by atoms with Gasteiger partial charge in [0.25, 0.3) is 11.8 Å². The molecule has 1 aliphatic heterocycles. The molecule has 1 atom stereocenters. The number of rotatable bonds is 7. The maximum Gasteiger partial charge on any atom is 0.253 e. The molecule has 2 aromatic rings. The topological polar surface area (TPSA) is 69.7 Å². The van der Waals surface area contributed by atoms with Crippen LogP contribution in [0.3, 0.4) is 0 Å².